The van der Waals surface area contributed by atoms with Gasteiger partial charge in [-0.15, -0.1) is 0 Å². The highest BCUT2D eigenvalue weighted by Crippen LogP contribution is 2.55. The van der Waals surface area contributed by atoms with Gasteiger partial charge in [0.1, 0.15) is 0 Å². The van der Waals surface area contributed by atoms with Crippen molar-refractivity contribution in [3.8, 4) is 0 Å². The summed E-state index contributed by atoms with van der Waals surface area (Å²) < 4.78 is 0. The predicted molar refractivity (Wildman–Crippen MR) is 101 cm³/mol. The molecule has 2 unspecified atom stereocenters. The molecule has 3 amide bonds. The highest BCUT2D eigenvalue weighted by Gasteiger charge is 2.51. The maximum atomic E-state index is 12.4. The van der Waals surface area contributed by atoms with Crippen molar-refractivity contribution in [2.45, 2.75) is 69.9 Å². The van der Waals surface area contributed by atoms with E-state index in [1.807, 2.05) is 0 Å². The van der Waals surface area contributed by atoms with E-state index < -0.39 is 0 Å². The van der Waals surface area contributed by atoms with E-state index in [1.165, 1.54) is 19.3 Å². The normalized spacial score (nSPS) is 40.9. The molecule has 146 valence electrons. The topological polar surface area (TPSA) is 82.3 Å². The van der Waals surface area contributed by atoms with Gasteiger partial charge in [-0.3, -0.25) is 4.79 Å². The molecule has 2 atom stereocenters. The molecule has 1 saturated heterocycles. The van der Waals surface area contributed by atoms with Gasteiger partial charge in [-0.25, -0.2) is 4.79 Å². The van der Waals surface area contributed by atoms with Gasteiger partial charge in [0.2, 0.25) is 5.91 Å². The van der Waals surface area contributed by atoms with Crippen LogP contribution in [0.15, 0.2) is 0 Å². The zero-order valence-corrected chi connectivity index (χ0v) is 16.0. The minimum absolute atomic E-state index is 0.0284. The molecular formula is C20H34N4O2. The average molecular weight is 363 g/mol. The summed E-state index contributed by atoms with van der Waals surface area (Å²) in [4.78, 5) is 24.5. The van der Waals surface area contributed by atoms with Gasteiger partial charge in [0.15, 0.2) is 0 Å². The summed E-state index contributed by atoms with van der Waals surface area (Å²) in [5.41, 5.74) is 0.0320. The lowest BCUT2D eigenvalue weighted by Crippen LogP contribution is -2.61. The number of hydrogen-bond donors (Lipinski definition) is 4. The molecule has 5 rings (SSSR count). The Morgan fingerprint density at radius 1 is 1.08 bits per heavy atom. The Kier molecular flexibility index (Phi) is 5.13. The van der Waals surface area contributed by atoms with Crippen LogP contribution in [0.5, 0.6) is 0 Å². The third-order valence-electron chi connectivity index (χ3n) is 7.23. The molecule has 1 heterocycles. The highest BCUT2D eigenvalue weighted by atomic mass is 16.2. The number of rotatable bonds is 5. The molecule has 4 saturated carbocycles. The Morgan fingerprint density at radius 3 is 2.35 bits per heavy atom. The maximum Gasteiger partial charge on any atom is 0.315 e. The van der Waals surface area contributed by atoms with Gasteiger partial charge in [-0.05, 0) is 75.2 Å². The van der Waals surface area contributed by atoms with Crippen LogP contribution in [0.1, 0.15) is 58.3 Å². The van der Waals surface area contributed by atoms with E-state index in [2.05, 4.69) is 28.2 Å². The molecule has 0 radical (unpaired) electrons. The third-order valence-corrected chi connectivity index (χ3v) is 7.23. The molecule has 4 aliphatic carbocycles. The Balaban J connectivity index is 1.18. The fourth-order valence-corrected chi connectivity index (χ4v) is 6.30. The second kappa shape index (κ2) is 7.37. The second-order valence-electron chi connectivity index (χ2n) is 9.47. The first-order chi connectivity index (χ1) is 12.5. The van der Waals surface area contributed by atoms with E-state index >= 15 is 0 Å². The minimum atomic E-state index is -0.0903. The Bertz CT molecular complexity index is 515. The van der Waals surface area contributed by atoms with Gasteiger partial charge in [-0.2, -0.15) is 0 Å². The molecule has 4 N–H and O–H groups in total. The molecule has 6 nitrogen and oxygen atoms in total. The molecular weight excluding hydrogens is 328 g/mol. The molecule has 0 aromatic heterocycles. The number of hydrogen-bond acceptors (Lipinski definition) is 3. The van der Waals surface area contributed by atoms with Gasteiger partial charge >= 0.3 is 6.03 Å². The fourth-order valence-electron chi connectivity index (χ4n) is 6.30. The molecule has 4 bridgehead atoms. The van der Waals surface area contributed by atoms with Crippen molar-refractivity contribution in [1.29, 1.82) is 0 Å². The fraction of sp³-hybridized carbons (Fsp3) is 0.900. The molecule has 0 aromatic carbocycles. The Morgan fingerprint density at radius 2 is 1.73 bits per heavy atom. The van der Waals surface area contributed by atoms with E-state index in [9.17, 15) is 9.59 Å². The lowest BCUT2D eigenvalue weighted by Gasteiger charge is -2.56. The van der Waals surface area contributed by atoms with E-state index in [0.717, 1.165) is 56.5 Å². The first-order valence-electron chi connectivity index (χ1n) is 10.6. The second-order valence-corrected chi connectivity index (χ2v) is 9.47. The minimum Gasteiger partial charge on any atom is -0.352 e. The number of amides is 3. The smallest absolute Gasteiger partial charge is 0.315 e. The van der Waals surface area contributed by atoms with Crippen molar-refractivity contribution in [2.75, 3.05) is 19.6 Å². The summed E-state index contributed by atoms with van der Waals surface area (Å²) in [5, 5.41) is 12.6. The summed E-state index contributed by atoms with van der Waals surface area (Å²) in [7, 11) is 0. The molecule has 5 aliphatic rings. The van der Waals surface area contributed by atoms with Crippen molar-refractivity contribution in [3.05, 3.63) is 0 Å². The number of urea groups is 1. The van der Waals surface area contributed by atoms with Crippen molar-refractivity contribution < 1.29 is 9.59 Å². The number of carbonyl (C=O) groups is 2. The van der Waals surface area contributed by atoms with Gasteiger partial charge in [0.25, 0.3) is 0 Å². The largest absolute Gasteiger partial charge is 0.352 e. The van der Waals surface area contributed by atoms with E-state index in [0.29, 0.717) is 18.9 Å². The standard InChI is InChI=1S/C20H34N4O2/c1-13-2-4-21-12-17(13)23-18(25)3-5-22-19(26)24-20-9-14-6-15(10-20)8-16(7-14)11-20/h13-17,21H,2-12H2,1H3,(H,23,25)(H2,22,24,26). The van der Waals surface area contributed by atoms with Gasteiger partial charge < -0.3 is 21.3 Å². The summed E-state index contributed by atoms with van der Waals surface area (Å²) in [6.07, 6.45) is 9.01. The Labute approximate surface area is 156 Å². The van der Waals surface area contributed by atoms with Crippen molar-refractivity contribution >= 4 is 11.9 Å². The van der Waals surface area contributed by atoms with Crippen LogP contribution >= 0.6 is 0 Å². The van der Waals surface area contributed by atoms with Crippen molar-refractivity contribution in [1.82, 2.24) is 21.3 Å². The summed E-state index contributed by atoms with van der Waals surface area (Å²) >= 11 is 0. The van der Waals surface area contributed by atoms with Gasteiger partial charge in [0, 0.05) is 31.1 Å². The summed E-state index contributed by atoms with van der Waals surface area (Å²) in [6, 6.07) is 0.115. The van der Waals surface area contributed by atoms with Gasteiger partial charge in [-0.1, -0.05) is 6.92 Å². The first-order valence-corrected chi connectivity index (χ1v) is 10.6. The first kappa shape index (κ1) is 18.1. The third kappa shape index (κ3) is 4.00. The lowest BCUT2D eigenvalue weighted by atomic mass is 9.53. The Hall–Kier alpha value is -1.30. The number of piperidine rings is 1. The highest BCUT2D eigenvalue weighted by molar-refractivity contribution is 5.78. The van der Waals surface area contributed by atoms with Crippen LogP contribution in [0, 0.1) is 23.7 Å². The number of carbonyl (C=O) groups excluding carboxylic acids is 2. The zero-order chi connectivity index (χ0) is 18.1. The molecule has 5 fully saturated rings. The quantitative estimate of drug-likeness (QED) is 0.601. The molecule has 0 aromatic rings. The van der Waals surface area contributed by atoms with E-state index in [4.69, 9.17) is 0 Å². The van der Waals surface area contributed by atoms with E-state index in [1.54, 1.807) is 0 Å². The molecule has 0 spiro atoms. The molecule has 1 aliphatic heterocycles. The lowest BCUT2D eigenvalue weighted by molar-refractivity contribution is -0.122. The van der Waals surface area contributed by atoms with Crippen LogP contribution in [-0.4, -0.2) is 43.2 Å². The van der Waals surface area contributed by atoms with Crippen LogP contribution in [0.4, 0.5) is 4.79 Å². The maximum absolute atomic E-state index is 12.4. The van der Waals surface area contributed by atoms with Crippen LogP contribution in [0.2, 0.25) is 0 Å². The zero-order valence-electron chi connectivity index (χ0n) is 16.0. The molecule has 6 heteroatoms. The summed E-state index contributed by atoms with van der Waals surface area (Å²) in [6.45, 7) is 4.45. The van der Waals surface area contributed by atoms with E-state index in [-0.39, 0.29) is 23.5 Å². The average Bonchev–Trinajstić information content (AvgIpc) is 2.55. The summed E-state index contributed by atoms with van der Waals surface area (Å²) in [5.74, 6) is 2.99. The number of nitrogens with one attached hydrogen (secondary N) is 4. The van der Waals surface area contributed by atoms with Crippen molar-refractivity contribution in [3.63, 3.8) is 0 Å². The molecule has 26 heavy (non-hydrogen) atoms. The monoisotopic (exact) mass is 362 g/mol. The van der Waals surface area contributed by atoms with Crippen molar-refractivity contribution in [2.24, 2.45) is 23.7 Å². The predicted octanol–water partition coefficient (Wildman–Crippen LogP) is 1.76. The van der Waals surface area contributed by atoms with Crippen LogP contribution < -0.4 is 21.3 Å². The van der Waals surface area contributed by atoms with Gasteiger partial charge in [0.05, 0.1) is 0 Å². The van der Waals surface area contributed by atoms with Crippen LogP contribution in [0.3, 0.4) is 0 Å². The van der Waals surface area contributed by atoms with Crippen LogP contribution in [0.25, 0.3) is 0 Å². The SMILES string of the molecule is CC1CCNCC1NC(=O)CCNC(=O)NC12CC3CC(CC(C3)C1)C2. The van der Waals surface area contributed by atoms with Crippen LogP contribution in [-0.2, 0) is 4.79 Å².